The van der Waals surface area contributed by atoms with Gasteiger partial charge in [-0.25, -0.2) is 4.98 Å². The maximum absolute atomic E-state index is 12.6. The van der Waals surface area contributed by atoms with Crippen LogP contribution in [0.3, 0.4) is 0 Å². The zero-order valence-electron chi connectivity index (χ0n) is 16.9. The van der Waals surface area contributed by atoms with Crippen molar-refractivity contribution in [2.45, 2.75) is 37.4 Å². The molecule has 0 amide bonds. The second kappa shape index (κ2) is 7.33. The van der Waals surface area contributed by atoms with E-state index in [1.165, 1.54) is 6.07 Å². The minimum Gasteiger partial charge on any atom is -0.484 e. The summed E-state index contributed by atoms with van der Waals surface area (Å²) in [6, 6.07) is 9.58. The van der Waals surface area contributed by atoms with E-state index in [-0.39, 0.29) is 29.1 Å². The van der Waals surface area contributed by atoms with Crippen molar-refractivity contribution in [2.75, 3.05) is 11.9 Å². The Kier molecular flexibility index (Phi) is 4.81. The summed E-state index contributed by atoms with van der Waals surface area (Å²) in [4.78, 5) is 20.1. The van der Waals surface area contributed by atoms with E-state index < -0.39 is 11.9 Å². The predicted octanol–water partition coefficient (Wildman–Crippen LogP) is 5.67. The number of nitrogens with zero attached hydrogens (tertiary/aromatic N) is 2. The van der Waals surface area contributed by atoms with Crippen LogP contribution in [0.1, 0.15) is 31.4 Å². The Morgan fingerprint density at radius 1 is 1.12 bits per heavy atom. The van der Waals surface area contributed by atoms with E-state index in [9.17, 15) is 18.0 Å². The van der Waals surface area contributed by atoms with Crippen LogP contribution in [0.25, 0.3) is 10.9 Å². The topological polar surface area (TPSA) is 64.1 Å². The molecule has 6 rings (SSSR count). The van der Waals surface area contributed by atoms with E-state index in [1.54, 1.807) is 6.20 Å². The lowest BCUT2D eigenvalue weighted by atomic mass is 9.38. The Morgan fingerprint density at radius 2 is 1.91 bits per heavy atom. The molecule has 0 spiro atoms. The molecule has 5 nitrogen and oxygen atoms in total. The van der Waals surface area contributed by atoms with Crippen LogP contribution in [0.15, 0.2) is 48.8 Å². The average molecular weight is 462 g/mol. The lowest BCUT2D eigenvalue weighted by Gasteiger charge is -2.71. The number of fused-ring (bicyclic) bond motifs is 1. The van der Waals surface area contributed by atoms with Crippen molar-refractivity contribution in [2.24, 2.45) is 5.41 Å². The number of alkyl halides is 3. The van der Waals surface area contributed by atoms with E-state index in [2.05, 4.69) is 15.3 Å². The molecule has 3 fully saturated rings. The lowest BCUT2D eigenvalue weighted by Crippen LogP contribution is -2.71. The number of anilines is 1. The van der Waals surface area contributed by atoms with Crippen molar-refractivity contribution < 1.29 is 22.7 Å². The normalized spacial score (nSPS) is 23.9. The third-order valence-electron chi connectivity index (χ3n) is 6.24. The molecular formula is C23H19ClF3N3O2. The first kappa shape index (κ1) is 21.0. The number of carbonyl (C=O) groups excluding carboxylic acids is 1. The number of carbonyl (C=O) groups is 1. The molecule has 3 aromatic rings. The Hall–Kier alpha value is -2.87. The van der Waals surface area contributed by atoms with E-state index in [0.29, 0.717) is 11.4 Å². The summed E-state index contributed by atoms with van der Waals surface area (Å²) in [5.41, 5.74) is 0.816. The van der Waals surface area contributed by atoms with Gasteiger partial charge in [-0.05, 0) is 61.1 Å². The molecule has 1 aromatic carbocycles. The average Bonchev–Trinajstić information content (AvgIpc) is 2.69. The molecule has 0 aliphatic heterocycles. The summed E-state index contributed by atoms with van der Waals surface area (Å²) in [7, 11) is 0. The fourth-order valence-electron chi connectivity index (χ4n) is 5.10. The van der Waals surface area contributed by atoms with Crippen LogP contribution < -0.4 is 10.1 Å². The summed E-state index contributed by atoms with van der Waals surface area (Å²) in [6.45, 7) is -0.176. The number of Topliss-reactive ketones (excluding diaryl/α,β-unsaturated/α-hetero) is 1. The fraction of sp³-hybridized carbons (Fsp3) is 0.348. The Labute approximate surface area is 187 Å². The second-order valence-corrected chi connectivity index (χ2v) is 9.27. The van der Waals surface area contributed by atoms with Gasteiger partial charge in [0.15, 0.2) is 5.78 Å². The maximum atomic E-state index is 12.6. The van der Waals surface area contributed by atoms with E-state index >= 15 is 0 Å². The molecule has 0 radical (unpaired) electrons. The van der Waals surface area contributed by atoms with Crippen molar-refractivity contribution in [3.05, 3.63) is 59.5 Å². The monoisotopic (exact) mass is 461 g/mol. The van der Waals surface area contributed by atoms with Gasteiger partial charge in [-0.3, -0.25) is 9.78 Å². The lowest BCUT2D eigenvalue weighted by molar-refractivity contribution is -0.147. The standard InChI is InChI=1S/C23H19ClF3N3O2/c24-14-1-3-17-18(5-6-28-19(17)7-14)30-22-11-21(12-22,13-22)8-15(31)10-32-16-2-4-20(29-9-16)23(25,26)27/h1-7,9H,8,10-13H2,(H,28,30). The highest BCUT2D eigenvalue weighted by atomic mass is 35.5. The molecule has 166 valence electrons. The van der Waals surface area contributed by atoms with Crippen molar-refractivity contribution in [3.8, 4) is 5.75 Å². The summed E-state index contributed by atoms with van der Waals surface area (Å²) < 4.78 is 43.0. The van der Waals surface area contributed by atoms with Gasteiger partial charge in [-0.15, -0.1) is 0 Å². The van der Waals surface area contributed by atoms with Gasteiger partial charge in [-0.2, -0.15) is 13.2 Å². The molecule has 3 aliphatic carbocycles. The maximum Gasteiger partial charge on any atom is 0.433 e. The smallest absolute Gasteiger partial charge is 0.433 e. The van der Waals surface area contributed by atoms with Gasteiger partial charge in [0.05, 0.1) is 11.7 Å². The molecule has 32 heavy (non-hydrogen) atoms. The number of ketones is 1. The number of hydrogen-bond acceptors (Lipinski definition) is 5. The van der Waals surface area contributed by atoms with Gasteiger partial charge in [0.25, 0.3) is 0 Å². The van der Waals surface area contributed by atoms with Gasteiger partial charge in [0.1, 0.15) is 18.1 Å². The minimum atomic E-state index is -4.50. The third kappa shape index (κ3) is 3.88. The van der Waals surface area contributed by atoms with Crippen molar-refractivity contribution in [1.82, 2.24) is 9.97 Å². The highest BCUT2D eigenvalue weighted by Crippen LogP contribution is 2.70. The van der Waals surface area contributed by atoms with E-state index in [0.717, 1.165) is 48.1 Å². The fourth-order valence-corrected chi connectivity index (χ4v) is 5.27. The Bertz CT molecular complexity index is 1180. The van der Waals surface area contributed by atoms with Crippen LogP contribution >= 0.6 is 11.6 Å². The van der Waals surface area contributed by atoms with Crippen LogP contribution in [-0.4, -0.2) is 27.9 Å². The summed E-state index contributed by atoms with van der Waals surface area (Å²) >= 11 is 6.06. The zero-order valence-corrected chi connectivity index (χ0v) is 17.6. The molecule has 0 saturated heterocycles. The number of benzene rings is 1. The number of pyridine rings is 2. The molecule has 1 N–H and O–H groups in total. The first-order valence-electron chi connectivity index (χ1n) is 10.2. The third-order valence-corrected chi connectivity index (χ3v) is 6.48. The first-order chi connectivity index (χ1) is 15.2. The summed E-state index contributed by atoms with van der Waals surface area (Å²) in [5.74, 6) is 0.0777. The van der Waals surface area contributed by atoms with Crippen molar-refractivity contribution in [3.63, 3.8) is 0 Å². The number of nitrogens with one attached hydrogen (secondary N) is 1. The molecule has 3 aliphatic rings. The number of halogens is 4. The van der Waals surface area contributed by atoms with Crippen LogP contribution in [0, 0.1) is 5.41 Å². The van der Waals surface area contributed by atoms with Crippen molar-refractivity contribution >= 4 is 34.0 Å². The number of rotatable bonds is 7. The Morgan fingerprint density at radius 3 is 2.59 bits per heavy atom. The molecule has 2 aromatic heterocycles. The number of aromatic nitrogens is 2. The van der Waals surface area contributed by atoms with Gasteiger partial charge in [-0.1, -0.05) is 11.6 Å². The summed E-state index contributed by atoms with van der Waals surface area (Å²) in [5, 5.41) is 5.27. The van der Waals surface area contributed by atoms with Gasteiger partial charge >= 0.3 is 6.18 Å². The quantitative estimate of drug-likeness (QED) is 0.490. The molecule has 2 heterocycles. The number of ether oxygens (including phenoxy) is 1. The van der Waals surface area contributed by atoms with Gasteiger partial charge < -0.3 is 10.1 Å². The SMILES string of the molecule is O=C(COc1ccc(C(F)(F)F)nc1)CC12CC(Nc3ccnc4cc(Cl)ccc34)(C1)C2. The predicted molar refractivity (Wildman–Crippen MR) is 114 cm³/mol. The van der Waals surface area contributed by atoms with Crippen LogP contribution in [-0.2, 0) is 11.0 Å². The molecule has 3 saturated carbocycles. The molecule has 9 heteroatoms. The minimum absolute atomic E-state index is 0.00754. The molecular weight excluding hydrogens is 443 g/mol. The number of hydrogen-bond donors (Lipinski definition) is 1. The first-order valence-corrected chi connectivity index (χ1v) is 10.5. The molecule has 0 atom stereocenters. The second-order valence-electron chi connectivity index (χ2n) is 8.84. The highest BCUT2D eigenvalue weighted by Gasteiger charge is 2.68. The van der Waals surface area contributed by atoms with Gasteiger partial charge in [0.2, 0.25) is 0 Å². The zero-order chi connectivity index (χ0) is 22.6. The van der Waals surface area contributed by atoms with E-state index in [1.807, 2.05) is 24.3 Å². The van der Waals surface area contributed by atoms with Crippen molar-refractivity contribution in [1.29, 1.82) is 0 Å². The summed E-state index contributed by atoms with van der Waals surface area (Å²) in [6.07, 6.45) is 1.32. The largest absolute Gasteiger partial charge is 0.484 e. The van der Waals surface area contributed by atoms with Crippen LogP contribution in [0.4, 0.5) is 18.9 Å². The Balaban J connectivity index is 1.13. The van der Waals surface area contributed by atoms with Crippen LogP contribution in [0.5, 0.6) is 5.75 Å². The van der Waals surface area contributed by atoms with Crippen LogP contribution in [0.2, 0.25) is 5.02 Å². The van der Waals surface area contributed by atoms with Gasteiger partial charge in [0, 0.05) is 34.3 Å². The highest BCUT2D eigenvalue weighted by molar-refractivity contribution is 6.31. The van der Waals surface area contributed by atoms with E-state index in [4.69, 9.17) is 16.3 Å². The molecule has 0 unspecified atom stereocenters. The molecule has 2 bridgehead atoms.